The van der Waals surface area contributed by atoms with E-state index < -0.39 is 0 Å². The largest absolute Gasteiger partial charge is 0.489 e. The molecule has 0 saturated heterocycles. The molecule has 78 valence electrons. The Balaban J connectivity index is 1.93. The van der Waals surface area contributed by atoms with Gasteiger partial charge in [0.2, 0.25) is 0 Å². The van der Waals surface area contributed by atoms with Gasteiger partial charge in [0.05, 0.1) is 0 Å². The average Bonchev–Trinajstić information content (AvgIpc) is 2.80. The van der Waals surface area contributed by atoms with Crippen molar-refractivity contribution in [1.29, 1.82) is 0 Å². The fourth-order valence-electron chi connectivity index (χ4n) is 1.22. The van der Waals surface area contributed by atoms with E-state index in [-0.39, 0.29) is 0 Å². The van der Waals surface area contributed by atoms with Gasteiger partial charge in [0.15, 0.2) is 0 Å². The lowest BCUT2D eigenvalue weighted by molar-refractivity contribution is 0.306. The number of halogens is 1. The summed E-state index contributed by atoms with van der Waals surface area (Å²) in [4.78, 5) is 0. The number of hydrogen-bond acceptors (Lipinski definition) is 2. The standard InChI is InChI=1S/C12H11BrOS/c13-7-10-1-3-12(4-2-10)14-8-11-5-6-15-9-11/h1-6,9H,7-8H2. The zero-order valence-electron chi connectivity index (χ0n) is 8.15. The molecule has 0 atom stereocenters. The first kappa shape index (κ1) is 10.7. The predicted octanol–water partition coefficient (Wildman–Crippen LogP) is 4.22. The summed E-state index contributed by atoms with van der Waals surface area (Å²) in [5.41, 5.74) is 2.49. The maximum Gasteiger partial charge on any atom is 0.119 e. The number of rotatable bonds is 4. The number of thiophene rings is 1. The Morgan fingerprint density at radius 2 is 1.87 bits per heavy atom. The second-order valence-corrected chi connectivity index (χ2v) is 4.54. The van der Waals surface area contributed by atoms with Gasteiger partial charge in [-0.25, -0.2) is 0 Å². The van der Waals surface area contributed by atoms with Crippen molar-refractivity contribution in [3.05, 3.63) is 52.2 Å². The Morgan fingerprint density at radius 1 is 1.07 bits per heavy atom. The first-order valence-corrected chi connectivity index (χ1v) is 6.73. The molecule has 1 aromatic heterocycles. The SMILES string of the molecule is BrCc1ccc(OCc2ccsc2)cc1. The molecule has 0 spiro atoms. The monoisotopic (exact) mass is 282 g/mol. The Labute approximate surface area is 102 Å². The first-order valence-electron chi connectivity index (χ1n) is 4.67. The Kier molecular flexibility index (Phi) is 3.80. The van der Waals surface area contributed by atoms with Gasteiger partial charge in [0.1, 0.15) is 12.4 Å². The smallest absolute Gasteiger partial charge is 0.119 e. The lowest BCUT2D eigenvalue weighted by Gasteiger charge is -2.05. The predicted molar refractivity (Wildman–Crippen MR) is 67.7 cm³/mol. The van der Waals surface area contributed by atoms with Gasteiger partial charge in [-0.3, -0.25) is 0 Å². The fraction of sp³-hybridized carbons (Fsp3) is 0.167. The molecule has 2 aromatic rings. The van der Waals surface area contributed by atoms with Crippen molar-refractivity contribution in [2.75, 3.05) is 0 Å². The van der Waals surface area contributed by atoms with Crippen LogP contribution in [0.3, 0.4) is 0 Å². The van der Waals surface area contributed by atoms with Gasteiger partial charge < -0.3 is 4.74 Å². The molecule has 0 saturated carbocycles. The fourth-order valence-corrected chi connectivity index (χ4v) is 2.24. The highest BCUT2D eigenvalue weighted by atomic mass is 79.9. The van der Waals surface area contributed by atoms with Gasteiger partial charge in [-0.2, -0.15) is 11.3 Å². The summed E-state index contributed by atoms with van der Waals surface area (Å²) in [5.74, 6) is 0.922. The molecule has 1 aromatic carbocycles. The number of benzene rings is 1. The molecular formula is C12H11BrOS. The van der Waals surface area contributed by atoms with Crippen molar-refractivity contribution < 1.29 is 4.74 Å². The molecule has 0 aliphatic carbocycles. The maximum absolute atomic E-state index is 5.64. The highest BCUT2D eigenvalue weighted by molar-refractivity contribution is 9.08. The van der Waals surface area contributed by atoms with E-state index >= 15 is 0 Å². The maximum atomic E-state index is 5.64. The summed E-state index contributed by atoms with van der Waals surface area (Å²) in [6.07, 6.45) is 0. The van der Waals surface area contributed by atoms with Gasteiger partial charge >= 0.3 is 0 Å². The lowest BCUT2D eigenvalue weighted by Crippen LogP contribution is -1.93. The van der Waals surface area contributed by atoms with Crippen LogP contribution in [0.1, 0.15) is 11.1 Å². The van der Waals surface area contributed by atoms with Crippen molar-refractivity contribution >= 4 is 27.3 Å². The van der Waals surface area contributed by atoms with E-state index in [1.807, 2.05) is 12.1 Å². The molecule has 0 fully saturated rings. The molecule has 0 radical (unpaired) electrons. The van der Waals surface area contributed by atoms with E-state index in [0.717, 1.165) is 11.1 Å². The third-order valence-corrected chi connectivity index (χ3v) is 3.44. The third-order valence-electron chi connectivity index (χ3n) is 2.06. The van der Waals surface area contributed by atoms with Crippen molar-refractivity contribution in [2.24, 2.45) is 0 Å². The summed E-state index contributed by atoms with van der Waals surface area (Å²) >= 11 is 5.11. The summed E-state index contributed by atoms with van der Waals surface area (Å²) in [6.45, 7) is 0.650. The minimum absolute atomic E-state index is 0.650. The zero-order chi connectivity index (χ0) is 10.5. The van der Waals surface area contributed by atoms with Crippen LogP contribution in [0.15, 0.2) is 41.1 Å². The van der Waals surface area contributed by atoms with Crippen molar-refractivity contribution in [1.82, 2.24) is 0 Å². The Bertz CT molecular complexity index is 394. The number of hydrogen-bond donors (Lipinski definition) is 0. The van der Waals surface area contributed by atoms with E-state index in [2.05, 4.69) is 44.9 Å². The second kappa shape index (κ2) is 5.33. The van der Waals surface area contributed by atoms with Crippen LogP contribution in [0, 0.1) is 0 Å². The van der Waals surface area contributed by atoms with Crippen LogP contribution >= 0.6 is 27.3 Å². The van der Waals surface area contributed by atoms with Crippen LogP contribution in [0.25, 0.3) is 0 Å². The molecule has 2 rings (SSSR count). The summed E-state index contributed by atoms with van der Waals surface area (Å²) in [5, 5.41) is 5.05. The van der Waals surface area contributed by atoms with Crippen LogP contribution in [0.4, 0.5) is 0 Å². The van der Waals surface area contributed by atoms with Gasteiger partial charge in [-0.05, 0) is 40.1 Å². The Hall–Kier alpha value is -0.800. The molecule has 0 unspecified atom stereocenters. The first-order chi connectivity index (χ1) is 7.38. The molecule has 0 N–H and O–H groups in total. The van der Waals surface area contributed by atoms with Gasteiger partial charge in [-0.15, -0.1) is 0 Å². The quantitative estimate of drug-likeness (QED) is 0.763. The molecule has 0 aliphatic rings. The average molecular weight is 283 g/mol. The van der Waals surface area contributed by atoms with Crippen LogP contribution in [-0.2, 0) is 11.9 Å². The minimum Gasteiger partial charge on any atom is -0.489 e. The summed E-state index contributed by atoms with van der Waals surface area (Å²) < 4.78 is 5.64. The lowest BCUT2D eigenvalue weighted by atomic mass is 10.2. The molecule has 15 heavy (non-hydrogen) atoms. The summed E-state index contributed by atoms with van der Waals surface area (Å²) in [6, 6.07) is 10.2. The van der Waals surface area contributed by atoms with Crippen molar-refractivity contribution in [3.8, 4) is 5.75 Å². The molecule has 1 nitrogen and oxygen atoms in total. The van der Waals surface area contributed by atoms with Gasteiger partial charge in [-0.1, -0.05) is 28.1 Å². The van der Waals surface area contributed by atoms with Gasteiger partial charge in [0.25, 0.3) is 0 Å². The molecule has 1 heterocycles. The molecule has 3 heteroatoms. The van der Waals surface area contributed by atoms with Crippen LogP contribution in [0.5, 0.6) is 5.75 Å². The van der Waals surface area contributed by atoms with E-state index in [1.165, 1.54) is 11.1 Å². The summed E-state index contributed by atoms with van der Waals surface area (Å²) in [7, 11) is 0. The topological polar surface area (TPSA) is 9.23 Å². The highest BCUT2D eigenvalue weighted by Crippen LogP contribution is 2.16. The molecule has 0 aliphatic heterocycles. The van der Waals surface area contributed by atoms with E-state index in [0.29, 0.717) is 6.61 Å². The van der Waals surface area contributed by atoms with E-state index in [1.54, 1.807) is 11.3 Å². The minimum atomic E-state index is 0.650. The normalized spacial score (nSPS) is 10.2. The number of ether oxygens (including phenoxy) is 1. The van der Waals surface area contributed by atoms with Crippen LogP contribution in [0.2, 0.25) is 0 Å². The molecule has 0 amide bonds. The molecule has 0 bridgehead atoms. The zero-order valence-corrected chi connectivity index (χ0v) is 10.6. The van der Waals surface area contributed by atoms with Crippen LogP contribution in [-0.4, -0.2) is 0 Å². The van der Waals surface area contributed by atoms with Crippen molar-refractivity contribution in [3.63, 3.8) is 0 Å². The third kappa shape index (κ3) is 3.08. The van der Waals surface area contributed by atoms with Gasteiger partial charge in [0, 0.05) is 5.33 Å². The highest BCUT2D eigenvalue weighted by Gasteiger charge is 1.96. The number of alkyl halides is 1. The van der Waals surface area contributed by atoms with Crippen molar-refractivity contribution in [2.45, 2.75) is 11.9 Å². The van der Waals surface area contributed by atoms with Crippen LogP contribution < -0.4 is 4.74 Å². The Morgan fingerprint density at radius 3 is 2.47 bits per heavy atom. The van der Waals surface area contributed by atoms with E-state index in [4.69, 9.17) is 4.74 Å². The van der Waals surface area contributed by atoms with E-state index in [9.17, 15) is 0 Å². The molecular weight excluding hydrogens is 272 g/mol. The second-order valence-electron chi connectivity index (χ2n) is 3.20.